The highest BCUT2D eigenvalue weighted by molar-refractivity contribution is 9.10. The van der Waals surface area contributed by atoms with Crippen LogP contribution in [-0.4, -0.2) is 4.92 Å². The maximum Gasteiger partial charge on any atom is 0.287 e. The van der Waals surface area contributed by atoms with Crippen LogP contribution < -0.4 is 4.74 Å². The third-order valence-electron chi connectivity index (χ3n) is 3.34. The van der Waals surface area contributed by atoms with Crippen LogP contribution in [0, 0.1) is 21.4 Å². The van der Waals surface area contributed by atoms with Crippen LogP contribution in [0.3, 0.4) is 0 Å². The van der Waals surface area contributed by atoms with Crippen molar-refractivity contribution in [1.29, 1.82) is 5.26 Å². The monoisotopic (exact) mass is 368 g/mol. The molecule has 0 heterocycles. The molecule has 23 heavy (non-hydrogen) atoms. The van der Waals surface area contributed by atoms with Crippen LogP contribution in [-0.2, 0) is 0 Å². The Hall–Kier alpha value is -2.91. The average molecular weight is 369 g/mol. The number of nitro benzene ring substituents is 1. The Bertz CT molecular complexity index is 964. The molecule has 0 saturated heterocycles. The molecule has 112 valence electrons. The molecule has 0 spiro atoms. The minimum absolute atomic E-state index is 0.0376. The summed E-state index contributed by atoms with van der Waals surface area (Å²) in [5.41, 5.74) is -0.276. The zero-order chi connectivity index (χ0) is 16.4. The average Bonchev–Trinajstić information content (AvgIpc) is 2.57. The molecule has 3 aromatic carbocycles. The van der Waals surface area contributed by atoms with Gasteiger partial charge in [-0.05, 0) is 38.8 Å². The van der Waals surface area contributed by atoms with Gasteiger partial charge >= 0.3 is 0 Å². The second-order valence-corrected chi connectivity index (χ2v) is 5.54. The number of halogens is 1. The van der Waals surface area contributed by atoms with E-state index in [1.54, 1.807) is 6.07 Å². The van der Waals surface area contributed by atoms with Gasteiger partial charge in [-0.2, -0.15) is 5.26 Å². The summed E-state index contributed by atoms with van der Waals surface area (Å²) in [6.45, 7) is 0. The number of ether oxygens (including phenoxy) is 1. The molecule has 0 aliphatic carbocycles. The fraction of sp³-hybridized carbons (Fsp3) is 0. The van der Waals surface area contributed by atoms with Gasteiger partial charge in [0.15, 0.2) is 0 Å². The van der Waals surface area contributed by atoms with E-state index in [0.29, 0.717) is 11.5 Å². The Morgan fingerprint density at radius 3 is 2.65 bits per heavy atom. The summed E-state index contributed by atoms with van der Waals surface area (Å²) in [4.78, 5) is 10.3. The smallest absolute Gasteiger partial charge is 0.287 e. The highest BCUT2D eigenvalue weighted by Crippen LogP contribution is 2.36. The summed E-state index contributed by atoms with van der Waals surface area (Å²) in [6, 6.07) is 17.5. The normalized spacial score (nSPS) is 10.3. The molecular weight excluding hydrogens is 360 g/mol. The molecule has 6 heteroatoms. The highest BCUT2D eigenvalue weighted by Gasteiger charge is 2.15. The van der Waals surface area contributed by atoms with Crippen molar-refractivity contribution >= 4 is 32.4 Å². The number of hydrogen-bond donors (Lipinski definition) is 0. The summed E-state index contributed by atoms with van der Waals surface area (Å²) >= 11 is 3.51. The van der Waals surface area contributed by atoms with Gasteiger partial charge in [0.25, 0.3) is 5.69 Å². The van der Waals surface area contributed by atoms with Gasteiger partial charge in [0.2, 0.25) is 0 Å². The molecule has 3 aromatic rings. The lowest BCUT2D eigenvalue weighted by molar-refractivity contribution is -0.385. The summed E-state index contributed by atoms with van der Waals surface area (Å²) < 4.78 is 6.56. The number of nitro groups is 1. The van der Waals surface area contributed by atoms with Gasteiger partial charge in [0, 0.05) is 12.1 Å². The van der Waals surface area contributed by atoms with E-state index in [0.717, 1.165) is 15.2 Å². The van der Waals surface area contributed by atoms with Crippen LogP contribution in [0.2, 0.25) is 0 Å². The van der Waals surface area contributed by atoms with E-state index in [9.17, 15) is 10.1 Å². The third kappa shape index (κ3) is 2.87. The molecule has 0 N–H and O–H groups in total. The lowest BCUT2D eigenvalue weighted by Gasteiger charge is -2.10. The van der Waals surface area contributed by atoms with Crippen LogP contribution in [0.5, 0.6) is 11.5 Å². The number of fused-ring (bicyclic) bond motifs is 1. The maximum absolute atomic E-state index is 10.9. The molecule has 0 atom stereocenters. The van der Waals surface area contributed by atoms with Gasteiger partial charge in [-0.25, -0.2) is 0 Å². The van der Waals surface area contributed by atoms with Crippen molar-refractivity contribution in [3.63, 3.8) is 0 Å². The van der Waals surface area contributed by atoms with Crippen molar-refractivity contribution in [2.24, 2.45) is 0 Å². The van der Waals surface area contributed by atoms with E-state index in [4.69, 9.17) is 10.00 Å². The minimum atomic E-state index is -0.589. The largest absolute Gasteiger partial charge is 0.456 e. The number of nitriles is 1. The predicted molar refractivity (Wildman–Crippen MR) is 89.5 cm³/mol. The second kappa shape index (κ2) is 6.07. The first-order valence-corrected chi connectivity index (χ1v) is 7.43. The first kappa shape index (κ1) is 15.0. The summed E-state index contributed by atoms with van der Waals surface area (Å²) in [6.07, 6.45) is 0. The zero-order valence-electron chi connectivity index (χ0n) is 11.7. The van der Waals surface area contributed by atoms with Crippen LogP contribution in [0.4, 0.5) is 5.69 Å². The van der Waals surface area contributed by atoms with Crippen molar-refractivity contribution in [1.82, 2.24) is 0 Å². The molecule has 0 bridgehead atoms. The van der Waals surface area contributed by atoms with Gasteiger partial charge in [0.1, 0.15) is 23.1 Å². The SMILES string of the molecule is N#Cc1cc(Oc2ccc3ccccc3c2Br)ccc1[N+](=O)[O-]. The van der Waals surface area contributed by atoms with Crippen molar-refractivity contribution in [2.45, 2.75) is 0 Å². The molecule has 0 aliphatic heterocycles. The van der Waals surface area contributed by atoms with Crippen molar-refractivity contribution in [3.8, 4) is 17.6 Å². The van der Waals surface area contributed by atoms with E-state index in [1.807, 2.05) is 36.4 Å². The van der Waals surface area contributed by atoms with Gasteiger partial charge in [-0.15, -0.1) is 0 Å². The van der Waals surface area contributed by atoms with Gasteiger partial charge < -0.3 is 4.74 Å². The maximum atomic E-state index is 10.9. The third-order valence-corrected chi connectivity index (χ3v) is 4.16. The van der Waals surface area contributed by atoms with Crippen molar-refractivity contribution in [3.05, 3.63) is 74.7 Å². The lowest BCUT2D eigenvalue weighted by Crippen LogP contribution is -1.93. The van der Waals surface area contributed by atoms with Crippen LogP contribution >= 0.6 is 15.9 Å². The fourth-order valence-corrected chi connectivity index (χ4v) is 2.82. The first-order chi connectivity index (χ1) is 11.1. The van der Waals surface area contributed by atoms with Gasteiger partial charge in [-0.3, -0.25) is 10.1 Å². The number of benzene rings is 3. The number of hydrogen-bond acceptors (Lipinski definition) is 4. The topological polar surface area (TPSA) is 76.2 Å². The molecule has 0 fully saturated rings. The Morgan fingerprint density at radius 2 is 1.91 bits per heavy atom. The zero-order valence-corrected chi connectivity index (χ0v) is 13.3. The van der Waals surface area contributed by atoms with Crippen LogP contribution in [0.1, 0.15) is 5.56 Å². The number of rotatable bonds is 3. The second-order valence-electron chi connectivity index (χ2n) is 4.75. The molecule has 0 amide bonds. The Balaban J connectivity index is 2.01. The summed E-state index contributed by atoms with van der Waals surface area (Å²) in [5, 5.41) is 21.9. The lowest BCUT2D eigenvalue weighted by atomic mass is 10.1. The minimum Gasteiger partial charge on any atom is -0.456 e. The van der Waals surface area contributed by atoms with E-state index in [1.165, 1.54) is 18.2 Å². The molecule has 5 nitrogen and oxygen atoms in total. The van der Waals surface area contributed by atoms with Gasteiger partial charge in [-0.1, -0.05) is 30.3 Å². The molecular formula is C17H9BrN2O3. The summed E-state index contributed by atoms with van der Waals surface area (Å²) in [7, 11) is 0. The number of nitrogens with zero attached hydrogens (tertiary/aromatic N) is 2. The van der Waals surface area contributed by atoms with Crippen molar-refractivity contribution in [2.75, 3.05) is 0 Å². The first-order valence-electron chi connectivity index (χ1n) is 6.64. The molecule has 3 rings (SSSR count). The van der Waals surface area contributed by atoms with E-state index in [2.05, 4.69) is 15.9 Å². The molecule has 0 unspecified atom stereocenters. The van der Waals surface area contributed by atoms with Crippen molar-refractivity contribution < 1.29 is 9.66 Å². The van der Waals surface area contributed by atoms with Crippen LogP contribution in [0.25, 0.3) is 10.8 Å². The molecule has 0 radical (unpaired) electrons. The molecule has 0 aromatic heterocycles. The Kier molecular flexibility index (Phi) is 3.96. The quantitative estimate of drug-likeness (QED) is 0.471. The van der Waals surface area contributed by atoms with E-state index >= 15 is 0 Å². The highest BCUT2D eigenvalue weighted by atomic mass is 79.9. The molecule has 0 saturated carbocycles. The Morgan fingerprint density at radius 1 is 1.13 bits per heavy atom. The molecule has 0 aliphatic rings. The predicted octanol–water partition coefficient (Wildman–Crippen LogP) is 5.17. The standard InChI is InChI=1S/C17H9BrN2O3/c18-17-14-4-2-1-3-11(14)5-8-16(17)23-13-6-7-15(20(21)22)12(9-13)10-19/h1-9H. The van der Waals surface area contributed by atoms with Gasteiger partial charge in [0.05, 0.1) is 9.40 Å². The Labute approximate surface area is 140 Å². The fourth-order valence-electron chi connectivity index (χ4n) is 2.25. The van der Waals surface area contributed by atoms with Crippen LogP contribution in [0.15, 0.2) is 59.1 Å². The van der Waals surface area contributed by atoms with E-state index < -0.39 is 4.92 Å². The summed E-state index contributed by atoms with van der Waals surface area (Å²) in [5.74, 6) is 0.935. The van der Waals surface area contributed by atoms with E-state index in [-0.39, 0.29) is 11.3 Å².